The minimum absolute atomic E-state index is 0.0979. The zero-order chi connectivity index (χ0) is 20.5. The molecule has 0 bridgehead atoms. The third-order valence-corrected chi connectivity index (χ3v) is 5.81. The predicted octanol–water partition coefficient (Wildman–Crippen LogP) is 3.78. The van der Waals surface area contributed by atoms with Gasteiger partial charge in [-0.1, -0.05) is 18.2 Å². The van der Waals surface area contributed by atoms with Gasteiger partial charge in [-0.05, 0) is 32.0 Å². The van der Waals surface area contributed by atoms with Gasteiger partial charge in [0.05, 0.1) is 11.0 Å². The molecule has 1 fully saturated rings. The second kappa shape index (κ2) is 7.67. The van der Waals surface area contributed by atoms with Crippen molar-refractivity contribution in [3.63, 3.8) is 0 Å². The minimum atomic E-state index is -0.387. The predicted molar refractivity (Wildman–Crippen MR) is 114 cm³/mol. The number of para-hydroxylation sites is 1. The molecule has 0 amide bonds. The number of hydrogen-bond donors (Lipinski definition) is 1. The lowest BCUT2D eigenvalue weighted by molar-refractivity contribution is -0.384. The maximum Gasteiger partial charge on any atom is 0.269 e. The van der Waals surface area contributed by atoms with Gasteiger partial charge < -0.3 is 9.88 Å². The Morgan fingerprint density at radius 3 is 2.38 bits per heavy atom. The number of hydrogen-bond acceptors (Lipinski definition) is 5. The summed E-state index contributed by atoms with van der Waals surface area (Å²) < 4.78 is 0. The van der Waals surface area contributed by atoms with E-state index >= 15 is 0 Å². The lowest BCUT2D eigenvalue weighted by Gasteiger charge is -2.38. The number of non-ortho nitro benzene ring substituents is 1. The molecule has 0 aliphatic carbocycles. The topological polar surface area (TPSA) is 82.5 Å². The Hall–Kier alpha value is -3.19. The zero-order valence-electron chi connectivity index (χ0n) is 16.6. The highest BCUT2D eigenvalue weighted by molar-refractivity contribution is 6.11. The van der Waals surface area contributed by atoms with Gasteiger partial charge >= 0.3 is 0 Å². The van der Waals surface area contributed by atoms with Crippen molar-refractivity contribution in [1.29, 1.82) is 0 Å². The number of aromatic amines is 1. The quantitative estimate of drug-likeness (QED) is 0.406. The average molecular weight is 392 g/mol. The second-order valence-electron chi connectivity index (χ2n) is 7.51. The Kier molecular flexibility index (Phi) is 5.07. The number of rotatable bonds is 5. The summed E-state index contributed by atoms with van der Waals surface area (Å²) >= 11 is 0. The minimum Gasteiger partial charge on any atom is -0.369 e. The summed E-state index contributed by atoms with van der Waals surface area (Å²) in [7, 11) is 0. The first-order valence-corrected chi connectivity index (χ1v) is 9.80. The van der Waals surface area contributed by atoms with Gasteiger partial charge in [0.1, 0.15) is 0 Å². The standard InChI is InChI=1S/C22H24N4O3/c1-15-21(19-5-3-4-6-20(19)23-15)22(27)16(2)24-11-13-25(14-12-24)17-7-9-18(10-8-17)26(28)29/h3-10,16,23H,11-14H2,1-2H3/t16-/m0/s1. The molecular weight excluding hydrogens is 368 g/mol. The van der Waals surface area contributed by atoms with E-state index in [1.807, 2.05) is 38.1 Å². The van der Waals surface area contributed by atoms with Crippen molar-refractivity contribution in [3.05, 3.63) is 69.9 Å². The van der Waals surface area contributed by atoms with Crippen molar-refractivity contribution in [1.82, 2.24) is 9.88 Å². The molecule has 150 valence electrons. The molecular formula is C22H24N4O3. The van der Waals surface area contributed by atoms with Gasteiger partial charge in [0, 0.05) is 66.2 Å². The first kappa shape index (κ1) is 19.1. The number of Topliss-reactive ketones (excluding diaryl/α,β-unsaturated/α-hetero) is 1. The molecule has 0 radical (unpaired) electrons. The summed E-state index contributed by atoms with van der Waals surface area (Å²) in [5.74, 6) is 0.142. The summed E-state index contributed by atoms with van der Waals surface area (Å²) in [4.78, 5) is 31.4. The van der Waals surface area contributed by atoms with E-state index in [0.717, 1.165) is 54.0 Å². The number of H-pyrrole nitrogens is 1. The molecule has 3 aromatic rings. The molecule has 7 nitrogen and oxygen atoms in total. The van der Waals surface area contributed by atoms with Crippen LogP contribution in [0.3, 0.4) is 0 Å². The van der Waals surface area contributed by atoms with Gasteiger partial charge in [-0.15, -0.1) is 0 Å². The van der Waals surface area contributed by atoms with E-state index in [1.54, 1.807) is 12.1 Å². The van der Waals surface area contributed by atoms with Crippen molar-refractivity contribution >= 4 is 28.1 Å². The summed E-state index contributed by atoms with van der Waals surface area (Å²) in [6.45, 7) is 7.03. The Bertz CT molecular complexity index is 1050. The second-order valence-corrected chi connectivity index (χ2v) is 7.51. The van der Waals surface area contributed by atoms with E-state index in [1.165, 1.54) is 12.1 Å². The van der Waals surface area contributed by atoms with E-state index in [4.69, 9.17) is 0 Å². The van der Waals surface area contributed by atoms with Crippen molar-refractivity contribution in [3.8, 4) is 0 Å². The fraction of sp³-hybridized carbons (Fsp3) is 0.318. The van der Waals surface area contributed by atoms with Gasteiger partial charge in [0.25, 0.3) is 5.69 Å². The van der Waals surface area contributed by atoms with E-state index < -0.39 is 0 Å². The fourth-order valence-electron chi connectivity index (χ4n) is 4.12. The number of benzene rings is 2. The van der Waals surface area contributed by atoms with Crippen LogP contribution in [0.5, 0.6) is 0 Å². The summed E-state index contributed by atoms with van der Waals surface area (Å²) in [5, 5.41) is 11.8. The van der Waals surface area contributed by atoms with Crippen molar-refractivity contribution in [2.75, 3.05) is 31.1 Å². The molecule has 7 heteroatoms. The molecule has 2 aromatic carbocycles. The summed E-state index contributed by atoms with van der Waals surface area (Å²) in [5.41, 5.74) is 3.75. The fourth-order valence-corrected chi connectivity index (χ4v) is 4.12. The number of fused-ring (bicyclic) bond motifs is 1. The molecule has 4 rings (SSSR count). The number of nitrogens with one attached hydrogen (secondary N) is 1. The molecule has 1 atom stereocenters. The summed E-state index contributed by atoms with van der Waals surface area (Å²) in [6.07, 6.45) is 0. The maximum atomic E-state index is 13.3. The number of nitrogens with zero attached hydrogens (tertiary/aromatic N) is 3. The maximum absolute atomic E-state index is 13.3. The number of aryl methyl sites for hydroxylation is 1. The summed E-state index contributed by atoms with van der Waals surface area (Å²) in [6, 6.07) is 14.4. The Balaban J connectivity index is 1.44. The highest BCUT2D eigenvalue weighted by Gasteiger charge is 2.29. The third kappa shape index (κ3) is 3.61. The molecule has 1 aromatic heterocycles. The van der Waals surface area contributed by atoms with Crippen LogP contribution in [0.25, 0.3) is 10.9 Å². The van der Waals surface area contributed by atoms with Crippen LogP contribution in [0, 0.1) is 17.0 Å². The van der Waals surface area contributed by atoms with Gasteiger partial charge in [-0.25, -0.2) is 0 Å². The molecule has 29 heavy (non-hydrogen) atoms. The van der Waals surface area contributed by atoms with Crippen LogP contribution in [-0.2, 0) is 0 Å². The van der Waals surface area contributed by atoms with Crippen LogP contribution >= 0.6 is 0 Å². The van der Waals surface area contributed by atoms with Crippen molar-refractivity contribution in [2.45, 2.75) is 19.9 Å². The number of carbonyl (C=O) groups excluding carboxylic acids is 1. The SMILES string of the molecule is Cc1[nH]c2ccccc2c1C(=O)[C@H](C)N1CCN(c2ccc([N+](=O)[O-])cc2)CC1. The highest BCUT2D eigenvalue weighted by atomic mass is 16.6. The van der Waals surface area contributed by atoms with Gasteiger partial charge in [0.2, 0.25) is 0 Å². The third-order valence-electron chi connectivity index (χ3n) is 5.81. The zero-order valence-corrected chi connectivity index (χ0v) is 16.6. The van der Waals surface area contributed by atoms with Crippen LogP contribution in [0.2, 0.25) is 0 Å². The van der Waals surface area contributed by atoms with Crippen LogP contribution in [-0.4, -0.2) is 52.8 Å². The van der Waals surface area contributed by atoms with E-state index in [9.17, 15) is 14.9 Å². The van der Waals surface area contributed by atoms with Crippen molar-refractivity contribution < 1.29 is 9.72 Å². The monoisotopic (exact) mass is 392 g/mol. The normalized spacial score (nSPS) is 16.1. The molecule has 1 saturated heterocycles. The van der Waals surface area contributed by atoms with E-state index in [-0.39, 0.29) is 22.4 Å². The van der Waals surface area contributed by atoms with Gasteiger partial charge in [-0.2, -0.15) is 0 Å². The van der Waals surface area contributed by atoms with E-state index in [2.05, 4.69) is 14.8 Å². The van der Waals surface area contributed by atoms with Crippen molar-refractivity contribution in [2.24, 2.45) is 0 Å². The van der Waals surface area contributed by atoms with Crippen LogP contribution in [0.15, 0.2) is 48.5 Å². The van der Waals surface area contributed by atoms with Gasteiger partial charge in [0.15, 0.2) is 5.78 Å². The van der Waals surface area contributed by atoms with Crippen LogP contribution in [0.4, 0.5) is 11.4 Å². The number of nitro groups is 1. The number of nitro benzene ring substituents is 1. The molecule has 0 spiro atoms. The average Bonchev–Trinajstić information content (AvgIpc) is 3.08. The van der Waals surface area contributed by atoms with Crippen LogP contribution < -0.4 is 4.90 Å². The Morgan fingerprint density at radius 1 is 1.07 bits per heavy atom. The smallest absolute Gasteiger partial charge is 0.269 e. The number of ketones is 1. The Labute approximate surface area is 169 Å². The Morgan fingerprint density at radius 2 is 1.72 bits per heavy atom. The number of piperazine rings is 1. The van der Waals surface area contributed by atoms with Crippen LogP contribution in [0.1, 0.15) is 23.0 Å². The lowest BCUT2D eigenvalue weighted by Crippen LogP contribution is -2.51. The molecule has 0 saturated carbocycles. The molecule has 0 unspecified atom stereocenters. The molecule has 1 aliphatic heterocycles. The largest absolute Gasteiger partial charge is 0.369 e. The number of anilines is 1. The van der Waals surface area contributed by atoms with Gasteiger partial charge in [-0.3, -0.25) is 19.8 Å². The molecule has 1 aliphatic rings. The number of carbonyl (C=O) groups is 1. The molecule has 1 N–H and O–H groups in total. The first-order chi connectivity index (χ1) is 14.0. The lowest BCUT2D eigenvalue weighted by atomic mass is 10.0. The molecule has 2 heterocycles. The first-order valence-electron chi connectivity index (χ1n) is 9.80. The van der Waals surface area contributed by atoms with E-state index in [0.29, 0.717) is 0 Å². The highest BCUT2D eigenvalue weighted by Crippen LogP contribution is 2.26. The number of aromatic nitrogens is 1.